The minimum absolute atomic E-state index is 0.0413. The average Bonchev–Trinajstić information content (AvgIpc) is 3.20. The number of nitrogens with zero attached hydrogens (tertiary/aromatic N) is 6. The molecule has 0 spiro atoms. The Kier molecular flexibility index (Phi) is 7.39. The maximum atomic E-state index is 16.9. The van der Waals surface area contributed by atoms with Gasteiger partial charge in [0.1, 0.15) is 28.5 Å². The molecule has 9 nitrogen and oxygen atoms in total. The molecule has 3 aliphatic heterocycles. The Morgan fingerprint density at radius 3 is 2.37 bits per heavy atom. The number of rotatable bonds is 4. The van der Waals surface area contributed by atoms with Crippen LogP contribution < -0.4 is 9.80 Å². The molecule has 3 aliphatic rings. The highest BCUT2D eigenvalue weighted by Gasteiger charge is 2.45. The van der Waals surface area contributed by atoms with E-state index in [2.05, 4.69) is 9.80 Å². The van der Waals surface area contributed by atoms with E-state index in [-0.39, 0.29) is 51.0 Å². The van der Waals surface area contributed by atoms with Crippen LogP contribution in [-0.4, -0.2) is 95.0 Å². The number of likely N-dealkylation sites (N-methyl/N-ethyl adjacent to an activating group) is 1. The van der Waals surface area contributed by atoms with Gasteiger partial charge in [-0.1, -0.05) is 23.7 Å². The third-order valence-electron chi connectivity index (χ3n) is 9.29. The van der Waals surface area contributed by atoms with Crippen molar-refractivity contribution < 1.29 is 23.4 Å². The lowest BCUT2D eigenvalue weighted by Gasteiger charge is -2.44. The quantitative estimate of drug-likeness (QED) is 0.271. The van der Waals surface area contributed by atoms with Crippen molar-refractivity contribution in [3.05, 3.63) is 53.1 Å². The van der Waals surface area contributed by atoms with Crippen molar-refractivity contribution in [3.63, 3.8) is 0 Å². The van der Waals surface area contributed by atoms with Crippen molar-refractivity contribution in [2.45, 2.75) is 57.3 Å². The lowest BCUT2D eigenvalue weighted by Crippen LogP contribution is -2.58. The molecule has 4 heterocycles. The number of phenolic OH excluding ortho intramolecular Hbond substituents is 1. The Morgan fingerprint density at radius 1 is 1.02 bits per heavy atom. The van der Waals surface area contributed by atoms with Crippen LogP contribution in [0.25, 0.3) is 32.8 Å². The number of hydrogen-bond donors (Lipinski definition) is 1. The van der Waals surface area contributed by atoms with Gasteiger partial charge < -0.3 is 24.5 Å². The van der Waals surface area contributed by atoms with E-state index < -0.39 is 17.2 Å². The highest BCUT2D eigenvalue weighted by Crippen LogP contribution is 2.44. The molecule has 242 valence electrons. The first-order valence-electron chi connectivity index (χ1n) is 15.6. The van der Waals surface area contributed by atoms with Crippen molar-refractivity contribution in [2.24, 2.45) is 0 Å². The molecule has 2 unspecified atom stereocenters. The number of carbonyl (C=O) groups is 1. The van der Waals surface area contributed by atoms with Gasteiger partial charge in [0.05, 0.1) is 17.1 Å². The molecular formula is C34H37ClF2N6O3. The fourth-order valence-electron chi connectivity index (χ4n) is 7.00. The average molecular weight is 651 g/mol. The van der Waals surface area contributed by atoms with Crippen LogP contribution >= 0.6 is 11.6 Å². The number of aromatic nitrogens is 2. The van der Waals surface area contributed by atoms with Gasteiger partial charge in [-0.15, -0.1) is 0 Å². The largest absolute Gasteiger partial charge is 0.508 e. The Bertz CT molecular complexity index is 1860. The van der Waals surface area contributed by atoms with Crippen LogP contribution in [0.2, 0.25) is 5.02 Å². The van der Waals surface area contributed by atoms with E-state index in [0.29, 0.717) is 54.8 Å². The summed E-state index contributed by atoms with van der Waals surface area (Å²) in [6.07, 6.45) is 1.32. The second kappa shape index (κ2) is 11.1. The van der Waals surface area contributed by atoms with Crippen molar-refractivity contribution >= 4 is 51.1 Å². The smallest absolute Gasteiger partial charge is 0.410 e. The standard InChI is InChI=1S/C34H37ClF2N6O3/c1-34(2,3)46-33(45)43-19-9-10-20(43)15-41(14-19)31-24-13-25(35)28(23-12-22(44)11-18-7-6-8-26(36)27(18)23)29(37)30(24)38-32(39-31)42-16-21(17-42)40(4)5/h6-8,11-13,19-21,44H,9-10,14-17H2,1-5H3. The number of fused-ring (bicyclic) bond motifs is 4. The normalized spacial score (nSPS) is 20.2. The van der Waals surface area contributed by atoms with Crippen LogP contribution in [-0.2, 0) is 4.74 Å². The van der Waals surface area contributed by atoms with Gasteiger partial charge >= 0.3 is 6.09 Å². The fourth-order valence-corrected chi connectivity index (χ4v) is 7.29. The van der Waals surface area contributed by atoms with Crippen LogP contribution in [0.15, 0.2) is 36.4 Å². The molecule has 2 bridgehead atoms. The van der Waals surface area contributed by atoms with Gasteiger partial charge in [-0.25, -0.2) is 18.6 Å². The van der Waals surface area contributed by atoms with Crippen molar-refractivity contribution in [2.75, 3.05) is 50.1 Å². The summed E-state index contributed by atoms with van der Waals surface area (Å²) < 4.78 is 37.9. The number of piperazine rings is 1. The lowest BCUT2D eigenvalue weighted by atomic mass is 9.95. The Labute approximate surface area is 271 Å². The maximum absolute atomic E-state index is 16.9. The number of hydrogen-bond acceptors (Lipinski definition) is 8. The Morgan fingerprint density at radius 2 is 1.72 bits per heavy atom. The molecule has 0 saturated carbocycles. The number of carbonyl (C=O) groups excluding carboxylic acids is 1. The van der Waals surface area contributed by atoms with Crippen LogP contribution in [0.3, 0.4) is 0 Å². The highest BCUT2D eigenvalue weighted by molar-refractivity contribution is 6.35. The second-order valence-electron chi connectivity index (χ2n) is 13.8. The molecule has 7 rings (SSSR count). The highest BCUT2D eigenvalue weighted by atomic mass is 35.5. The summed E-state index contributed by atoms with van der Waals surface area (Å²) in [7, 11) is 4.03. The third kappa shape index (κ3) is 5.23. The van der Waals surface area contributed by atoms with Gasteiger partial charge in [0.25, 0.3) is 0 Å². The SMILES string of the molecule is CN(C)C1CN(c2nc(N3CC4CCC(C3)N4C(=O)OC(C)(C)C)c3cc(Cl)c(-c4cc(O)cc5cccc(F)c45)c(F)c3n2)C1. The van der Waals surface area contributed by atoms with E-state index in [0.717, 1.165) is 12.8 Å². The number of benzene rings is 3. The molecule has 0 aliphatic carbocycles. The van der Waals surface area contributed by atoms with Crippen LogP contribution in [0.5, 0.6) is 5.75 Å². The summed E-state index contributed by atoms with van der Waals surface area (Å²) in [6.45, 7) is 7.91. The molecule has 3 fully saturated rings. The predicted octanol–water partition coefficient (Wildman–Crippen LogP) is 6.43. The molecular weight excluding hydrogens is 614 g/mol. The number of aromatic hydroxyl groups is 1. The molecule has 1 N–H and O–H groups in total. The molecule has 3 aromatic carbocycles. The Hall–Kier alpha value is -3.96. The van der Waals surface area contributed by atoms with Gasteiger partial charge in [0.2, 0.25) is 5.95 Å². The molecule has 4 aromatic rings. The van der Waals surface area contributed by atoms with E-state index in [1.807, 2.05) is 44.7 Å². The minimum Gasteiger partial charge on any atom is -0.508 e. The van der Waals surface area contributed by atoms with Crippen LogP contribution in [0.4, 0.5) is 25.3 Å². The van der Waals surface area contributed by atoms with Gasteiger partial charge in [-0.3, -0.25) is 4.90 Å². The summed E-state index contributed by atoms with van der Waals surface area (Å²) in [6, 6.07) is 9.01. The number of phenols is 1. The summed E-state index contributed by atoms with van der Waals surface area (Å²) in [5, 5.41) is 11.6. The van der Waals surface area contributed by atoms with Crippen molar-refractivity contribution in [1.82, 2.24) is 19.8 Å². The first-order valence-corrected chi connectivity index (χ1v) is 16.0. The monoisotopic (exact) mass is 650 g/mol. The summed E-state index contributed by atoms with van der Waals surface area (Å²) >= 11 is 6.85. The molecule has 46 heavy (non-hydrogen) atoms. The van der Waals surface area contributed by atoms with Gasteiger partial charge in [-0.05, 0) is 77.4 Å². The third-order valence-corrected chi connectivity index (χ3v) is 9.59. The first kappa shape index (κ1) is 30.7. The molecule has 1 aromatic heterocycles. The number of ether oxygens (including phenoxy) is 1. The minimum atomic E-state index is -0.720. The number of amides is 1. The zero-order chi connectivity index (χ0) is 32.7. The predicted molar refractivity (Wildman–Crippen MR) is 176 cm³/mol. The van der Waals surface area contributed by atoms with Gasteiger partial charge in [-0.2, -0.15) is 4.98 Å². The second-order valence-corrected chi connectivity index (χ2v) is 14.2. The fraction of sp³-hybridized carbons (Fsp3) is 0.441. The zero-order valence-corrected chi connectivity index (χ0v) is 27.3. The Balaban J connectivity index is 1.36. The van der Waals surface area contributed by atoms with E-state index in [1.165, 1.54) is 24.3 Å². The van der Waals surface area contributed by atoms with E-state index in [1.54, 1.807) is 12.1 Å². The van der Waals surface area contributed by atoms with E-state index in [9.17, 15) is 9.90 Å². The van der Waals surface area contributed by atoms with E-state index in [4.69, 9.17) is 26.3 Å². The topological polar surface area (TPSA) is 85.3 Å². The van der Waals surface area contributed by atoms with E-state index >= 15 is 8.78 Å². The van der Waals surface area contributed by atoms with Gasteiger partial charge in [0, 0.05) is 54.1 Å². The first-order chi connectivity index (χ1) is 21.8. The summed E-state index contributed by atoms with van der Waals surface area (Å²) in [5.74, 6) is -0.486. The maximum Gasteiger partial charge on any atom is 0.410 e. The number of anilines is 2. The van der Waals surface area contributed by atoms with Crippen LogP contribution in [0.1, 0.15) is 33.6 Å². The van der Waals surface area contributed by atoms with Gasteiger partial charge in [0.15, 0.2) is 5.82 Å². The molecule has 12 heteroatoms. The summed E-state index contributed by atoms with van der Waals surface area (Å²) in [4.78, 5) is 30.9. The molecule has 0 radical (unpaired) electrons. The molecule has 3 saturated heterocycles. The van der Waals surface area contributed by atoms with Crippen molar-refractivity contribution in [3.8, 4) is 16.9 Å². The zero-order valence-electron chi connectivity index (χ0n) is 26.5. The van der Waals surface area contributed by atoms with Crippen LogP contribution in [0, 0.1) is 11.6 Å². The summed E-state index contributed by atoms with van der Waals surface area (Å²) in [5.41, 5.74) is -0.453. The molecule has 1 amide bonds. The van der Waals surface area contributed by atoms with Crippen molar-refractivity contribution in [1.29, 1.82) is 0 Å². The lowest BCUT2D eigenvalue weighted by molar-refractivity contribution is 0.0123. The number of halogens is 3. The molecule has 2 atom stereocenters.